The number of nitrogens with two attached hydrogens (primary N) is 1. The normalized spacial score (nSPS) is 10.0. The summed E-state index contributed by atoms with van der Waals surface area (Å²) >= 11 is 1.58. The van der Waals surface area contributed by atoms with Gasteiger partial charge in [0.25, 0.3) is 0 Å². The van der Waals surface area contributed by atoms with Crippen LogP contribution in [-0.4, -0.2) is 17.4 Å². The average Bonchev–Trinajstić information content (AvgIpc) is 2.51. The second kappa shape index (κ2) is 7.06. The number of rotatable bonds is 3. The zero-order chi connectivity index (χ0) is 10.8. The Bertz CT molecular complexity index is 341. The number of halogens is 2. The topological polar surface area (TPSA) is 68.0 Å². The van der Waals surface area contributed by atoms with Crippen LogP contribution in [0.4, 0.5) is 0 Å². The molecule has 3 N–H and O–H groups in total. The van der Waals surface area contributed by atoms with Gasteiger partial charge in [-0.3, -0.25) is 4.79 Å². The van der Waals surface area contributed by atoms with E-state index in [2.05, 4.69) is 10.3 Å². The Kier molecular flexibility index (Phi) is 7.95. The molecule has 0 atom stereocenters. The van der Waals surface area contributed by atoms with Crippen molar-refractivity contribution < 1.29 is 4.79 Å². The van der Waals surface area contributed by atoms with Crippen LogP contribution in [0.1, 0.15) is 23.7 Å². The molecule has 1 heterocycles. The average molecular weight is 286 g/mol. The summed E-state index contributed by atoms with van der Waals surface area (Å²) in [6.07, 6.45) is 1.80. The number of aromatic nitrogens is 1. The molecule has 0 fully saturated rings. The lowest BCUT2D eigenvalue weighted by Crippen LogP contribution is -2.43. The van der Waals surface area contributed by atoms with E-state index in [0.717, 1.165) is 9.88 Å². The van der Waals surface area contributed by atoms with E-state index in [0.29, 0.717) is 0 Å². The van der Waals surface area contributed by atoms with Gasteiger partial charge < -0.3 is 11.1 Å². The molecule has 0 aromatic carbocycles. The Morgan fingerprint density at radius 3 is 2.50 bits per heavy atom. The molecule has 0 saturated heterocycles. The second-order valence-electron chi connectivity index (χ2n) is 3.65. The number of nitrogens with zero attached hydrogens (tertiary/aromatic N) is 1. The minimum atomic E-state index is -0.435. The highest BCUT2D eigenvalue weighted by Gasteiger charge is 2.25. The fourth-order valence-electron chi connectivity index (χ4n) is 1.10. The molecule has 0 unspecified atom stereocenters. The third kappa shape index (κ3) is 4.65. The Morgan fingerprint density at radius 2 is 2.12 bits per heavy atom. The molecule has 0 aliphatic heterocycles. The summed E-state index contributed by atoms with van der Waals surface area (Å²) in [5.74, 6) is -0.164. The number of hydrogen-bond acceptors (Lipinski definition) is 4. The monoisotopic (exact) mass is 285 g/mol. The molecule has 0 saturated carbocycles. The first-order valence-electron chi connectivity index (χ1n) is 4.39. The molecule has 4 nitrogen and oxygen atoms in total. The van der Waals surface area contributed by atoms with Crippen molar-refractivity contribution in [1.29, 1.82) is 0 Å². The Balaban J connectivity index is 0. The second-order valence-corrected chi connectivity index (χ2v) is 4.89. The Morgan fingerprint density at radius 1 is 1.56 bits per heavy atom. The number of thiazole rings is 1. The van der Waals surface area contributed by atoms with Gasteiger partial charge >= 0.3 is 0 Å². The zero-order valence-corrected chi connectivity index (χ0v) is 11.9. The van der Waals surface area contributed by atoms with Crippen molar-refractivity contribution in [3.8, 4) is 0 Å². The largest absolute Gasteiger partial charge is 0.344 e. The van der Waals surface area contributed by atoms with Gasteiger partial charge in [0.1, 0.15) is 5.01 Å². The van der Waals surface area contributed by atoms with Crippen LogP contribution in [0.25, 0.3) is 0 Å². The predicted octanol–water partition coefficient (Wildman–Crippen LogP) is 1.61. The molecule has 1 rings (SSSR count). The van der Waals surface area contributed by atoms with E-state index in [1.54, 1.807) is 17.5 Å². The standard InChI is InChI=1S/C9H15N3OS.2ClH/c1-6-5-11-8(14-6)9(2,3)12-7(13)4-10;;/h5H,4,10H2,1-3H3,(H,12,13);2*1H. The quantitative estimate of drug-likeness (QED) is 0.887. The van der Waals surface area contributed by atoms with Crippen molar-refractivity contribution in [1.82, 2.24) is 10.3 Å². The minimum Gasteiger partial charge on any atom is -0.344 e. The van der Waals surface area contributed by atoms with Crippen LogP contribution in [-0.2, 0) is 10.3 Å². The van der Waals surface area contributed by atoms with Gasteiger partial charge in [-0.15, -0.1) is 36.2 Å². The van der Waals surface area contributed by atoms with Crippen LogP contribution in [0, 0.1) is 6.92 Å². The van der Waals surface area contributed by atoms with E-state index < -0.39 is 5.54 Å². The first kappa shape index (κ1) is 18.0. The van der Waals surface area contributed by atoms with E-state index in [4.69, 9.17) is 5.73 Å². The Hall–Kier alpha value is -0.360. The molecular weight excluding hydrogens is 269 g/mol. The highest BCUT2D eigenvalue weighted by molar-refractivity contribution is 7.11. The Labute approximate surface area is 112 Å². The van der Waals surface area contributed by atoms with Crippen LogP contribution < -0.4 is 11.1 Å². The van der Waals surface area contributed by atoms with Crippen LogP contribution in [0.15, 0.2) is 6.20 Å². The van der Waals surface area contributed by atoms with Crippen LogP contribution >= 0.6 is 36.2 Å². The summed E-state index contributed by atoms with van der Waals surface area (Å²) in [4.78, 5) is 16.5. The highest BCUT2D eigenvalue weighted by atomic mass is 35.5. The SMILES string of the molecule is Cc1cnc(C(C)(C)NC(=O)CN)s1.Cl.Cl. The van der Waals surface area contributed by atoms with E-state index in [9.17, 15) is 4.79 Å². The van der Waals surface area contributed by atoms with Crippen LogP contribution in [0.5, 0.6) is 0 Å². The lowest BCUT2D eigenvalue weighted by atomic mass is 10.1. The van der Waals surface area contributed by atoms with Crippen LogP contribution in [0.2, 0.25) is 0 Å². The van der Waals surface area contributed by atoms with Crippen molar-refractivity contribution in [2.75, 3.05) is 6.54 Å². The molecule has 0 aliphatic carbocycles. The molecule has 0 aliphatic rings. The summed E-state index contributed by atoms with van der Waals surface area (Å²) < 4.78 is 0. The number of carbonyl (C=O) groups is 1. The summed E-state index contributed by atoms with van der Waals surface area (Å²) in [5, 5.41) is 3.72. The predicted molar refractivity (Wildman–Crippen MR) is 71.6 cm³/mol. The molecule has 0 bridgehead atoms. The molecule has 94 valence electrons. The molecule has 1 amide bonds. The number of nitrogens with one attached hydrogen (secondary N) is 1. The van der Waals surface area contributed by atoms with Gasteiger partial charge in [-0.1, -0.05) is 0 Å². The van der Waals surface area contributed by atoms with E-state index in [1.165, 1.54) is 0 Å². The van der Waals surface area contributed by atoms with Crippen molar-refractivity contribution in [3.63, 3.8) is 0 Å². The number of amides is 1. The van der Waals surface area contributed by atoms with Gasteiger partial charge in [-0.05, 0) is 20.8 Å². The molecular formula is C9H17Cl2N3OS. The van der Waals surface area contributed by atoms with Gasteiger partial charge in [0.2, 0.25) is 5.91 Å². The zero-order valence-electron chi connectivity index (χ0n) is 9.44. The van der Waals surface area contributed by atoms with Gasteiger partial charge in [-0.2, -0.15) is 0 Å². The maximum atomic E-state index is 11.1. The fourth-order valence-corrected chi connectivity index (χ4v) is 1.92. The number of carbonyl (C=O) groups excluding carboxylic acids is 1. The van der Waals surface area contributed by atoms with Gasteiger partial charge in [-0.25, -0.2) is 4.98 Å². The van der Waals surface area contributed by atoms with Crippen molar-refractivity contribution in [2.24, 2.45) is 5.73 Å². The van der Waals surface area contributed by atoms with Crippen molar-refractivity contribution in [2.45, 2.75) is 26.3 Å². The van der Waals surface area contributed by atoms with E-state index in [1.807, 2.05) is 20.8 Å². The lowest BCUT2D eigenvalue weighted by molar-refractivity contribution is -0.121. The fraction of sp³-hybridized carbons (Fsp3) is 0.556. The van der Waals surface area contributed by atoms with Crippen molar-refractivity contribution in [3.05, 3.63) is 16.1 Å². The first-order valence-corrected chi connectivity index (χ1v) is 5.21. The number of aryl methyl sites for hydroxylation is 1. The third-order valence-electron chi connectivity index (χ3n) is 1.79. The van der Waals surface area contributed by atoms with Crippen LogP contribution in [0.3, 0.4) is 0 Å². The highest BCUT2D eigenvalue weighted by Crippen LogP contribution is 2.24. The van der Waals surface area contributed by atoms with Crippen molar-refractivity contribution >= 4 is 42.1 Å². The maximum absolute atomic E-state index is 11.1. The molecule has 16 heavy (non-hydrogen) atoms. The van der Waals surface area contributed by atoms with E-state index >= 15 is 0 Å². The molecule has 1 aromatic rings. The third-order valence-corrected chi connectivity index (χ3v) is 3.03. The van der Waals surface area contributed by atoms with Gasteiger partial charge in [0.15, 0.2) is 0 Å². The smallest absolute Gasteiger partial charge is 0.234 e. The molecule has 7 heteroatoms. The summed E-state index contributed by atoms with van der Waals surface area (Å²) in [6.45, 7) is 5.83. The van der Waals surface area contributed by atoms with E-state index in [-0.39, 0.29) is 37.3 Å². The van der Waals surface area contributed by atoms with Gasteiger partial charge in [0, 0.05) is 11.1 Å². The summed E-state index contributed by atoms with van der Waals surface area (Å²) in [5.41, 5.74) is 4.80. The summed E-state index contributed by atoms with van der Waals surface area (Å²) in [7, 11) is 0. The maximum Gasteiger partial charge on any atom is 0.234 e. The van der Waals surface area contributed by atoms with Gasteiger partial charge in [0.05, 0.1) is 12.1 Å². The summed E-state index contributed by atoms with van der Waals surface area (Å²) in [6, 6.07) is 0. The molecule has 1 aromatic heterocycles. The molecule has 0 radical (unpaired) electrons. The minimum absolute atomic E-state index is 0. The lowest BCUT2D eigenvalue weighted by Gasteiger charge is -2.23. The number of hydrogen-bond donors (Lipinski definition) is 2. The first-order chi connectivity index (χ1) is 6.45. The molecule has 0 spiro atoms.